The Morgan fingerprint density at radius 1 is 1.16 bits per heavy atom. The van der Waals surface area contributed by atoms with Gasteiger partial charge in [-0.3, -0.25) is 9.59 Å². The summed E-state index contributed by atoms with van der Waals surface area (Å²) in [6, 6.07) is 10.1. The highest BCUT2D eigenvalue weighted by Crippen LogP contribution is 2.62. The maximum atomic E-state index is 13.6. The first-order chi connectivity index (χ1) is 14.7. The van der Waals surface area contributed by atoms with Crippen molar-refractivity contribution in [2.75, 3.05) is 6.54 Å². The highest BCUT2D eigenvalue weighted by molar-refractivity contribution is 5.94. The summed E-state index contributed by atoms with van der Waals surface area (Å²) < 4.78 is 1.90. The number of hydrogen-bond acceptors (Lipinski definition) is 3. The van der Waals surface area contributed by atoms with Crippen molar-refractivity contribution >= 4 is 11.8 Å². The smallest absolute Gasteiger partial charge is 0.272 e. The van der Waals surface area contributed by atoms with Crippen LogP contribution in [0.5, 0.6) is 0 Å². The van der Waals surface area contributed by atoms with Gasteiger partial charge in [0.1, 0.15) is 0 Å². The first-order valence-corrected chi connectivity index (χ1v) is 11.4. The summed E-state index contributed by atoms with van der Waals surface area (Å²) >= 11 is 0. The molecule has 164 valence electrons. The Morgan fingerprint density at radius 2 is 1.90 bits per heavy atom. The summed E-state index contributed by atoms with van der Waals surface area (Å²) in [5.41, 5.74) is 3.56. The van der Waals surface area contributed by atoms with Gasteiger partial charge in [0.25, 0.3) is 5.91 Å². The number of nitrogens with zero attached hydrogens (tertiary/aromatic N) is 3. The van der Waals surface area contributed by atoms with Crippen molar-refractivity contribution in [2.45, 2.75) is 66.0 Å². The molecule has 6 heteroatoms. The quantitative estimate of drug-likeness (QED) is 0.823. The second-order valence-corrected chi connectivity index (χ2v) is 10.5. The van der Waals surface area contributed by atoms with Crippen molar-refractivity contribution in [2.24, 2.45) is 16.7 Å². The molecular formula is C25H32N4O2. The molecule has 3 unspecified atom stereocenters. The molecule has 2 amide bonds. The molecule has 6 nitrogen and oxygen atoms in total. The van der Waals surface area contributed by atoms with Gasteiger partial charge in [0.05, 0.1) is 11.4 Å². The lowest BCUT2D eigenvalue weighted by atomic mass is 9.68. The number of fused-ring (bicyclic) bond motifs is 3. The highest BCUT2D eigenvalue weighted by atomic mass is 16.2. The van der Waals surface area contributed by atoms with E-state index >= 15 is 0 Å². The Kier molecular flexibility index (Phi) is 4.54. The van der Waals surface area contributed by atoms with Gasteiger partial charge in [-0.15, -0.1) is 0 Å². The molecule has 1 aliphatic heterocycles. The van der Waals surface area contributed by atoms with Crippen LogP contribution in [0, 0.1) is 16.7 Å². The molecule has 3 atom stereocenters. The average molecular weight is 421 g/mol. The van der Waals surface area contributed by atoms with Crippen LogP contribution in [0.25, 0.3) is 5.69 Å². The Hall–Kier alpha value is -2.63. The highest BCUT2D eigenvalue weighted by Gasteiger charge is 2.59. The van der Waals surface area contributed by atoms with Gasteiger partial charge >= 0.3 is 0 Å². The van der Waals surface area contributed by atoms with Gasteiger partial charge in [-0.05, 0) is 48.1 Å². The van der Waals surface area contributed by atoms with Gasteiger partial charge < -0.3 is 10.2 Å². The lowest BCUT2D eigenvalue weighted by Crippen LogP contribution is -2.52. The van der Waals surface area contributed by atoms with E-state index < -0.39 is 0 Å². The minimum atomic E-state index is -0.108. The lowest BCUT2D eigenvalue weighted by molar-refractivity contribution is -0.129. The van der Waals surface area contributed by atoms with Crippen molar-refractivity contribution in [3.63, 3.8) is 0 Å². The minimum absolute atomic E-state index is 0.0335. The number of carbonyl (C=O) groups is 2. The second-order valence-electron chi connectivity index (χ2n) is 10.5. The van der Waals surface area contributed by atoms with E-state index in [0.717, 1.165) is 16.9 Å². The predicted octanol–water partition coefficient (Wildman–Crippen LogP) is 3.72. The zero-order valence-electron chi connectivity index (χ0n) is 18.9. The monoisotopic (exact) mass is 420 g/mol. The van der Waals surface area contributed by atoms with E-state index in [4.69, 9.17) is 5.10 Å². The van der Waals surface area contributed by atoms with E-state index in [1.165, 1.54) is 19.3 Å². The second kappa shape index (κ2) is 6.94. The van der Waals surface area contributed by atoms with Gasteiger partial charge in [-0.25, -0.2) is 4.68 Å². The molecule has 1 N–H and O–H groups in total. The molecule has 2 aromatic rings. The first-order valence-electron chi connectivity index (χ1n) is 11.4. The topological polar surface area (TPSA) is 67.2 Å². The van der Waals surface area contributed by atoms with Gasteiger partial charge in [-0.1, -0.05) is 39.0 Å². The van der Waals surface area contributed by atoms with Crippen LogP contribution in [-0.4, -0.2) is 39.1 Å². The molecule has 0 spiro atoms. The van der Waals surface area contributed by atoms with E-state index in [9.17, 15) is 9.59 Å². The SMILES string of the molecule is CC(=O)N1CCc2c(c(C(=O)NC3C4(C)CCC(C4)C3(C)C)nn2-c2ccccc2)C1. The maximum absolute atomic E-state index is 13.6. The molecule has 2 aliphatic carbocycles. The zero-order valence-corrected chi connectivity index (χ0v) is 18.9. The molecule has 31 heavy (non-hydrogen) atoms. The molecule has 1 aromatic carbocycles. The van der Waals surface area contributed by atoms with Crippen LogP contribution < -0.4 is 5.32 Å². The van der Waals surface area contributed by atoms with E-state index in [1.54, 1.807) is 11.8 Å². The van der Waals surface area contributed by atoms with Crippen LogP contribution in [-0.2, 0) is 17.8 Å². The minimum Gasteiger partial charge on any atom is -0.347 e. The maximum Gasteiger partial charge on any atom is 0.272 e. The van der Waals surface area contributed by atoms with E-state index in [2.05, 4.69) is 26.1 Å². The zero-order chi connectivity index (χ0) is 22.0. The number of benzene rings is 1. The summed E-state index contributed by atoms with van der Waals surface area (Å²) in [6.07, 6.45) is 4.29. The Labute approximate surface area is 184 Å². The molecule has 3 aliphatic rings. The van der Waals surface area contributed by atoms with Crippen LogP contribution in [0.1, 0.15) is 68.7 Å². The number of rotatable bonds is 3. The number of amides is 2. The summed E-state index contributed by atoms with van der Waals surface area (Å²) in [4.78, 5) is 27.5. The molecule has 0 radical (unpaired) electrons. The fraction of sp³-hybridized carbons (Fsp3) is 0.560. The molecule has 1 aromatic heterocycles. The van der Waals surface area contributed by atoms with E-state index in [1.807, 2.05) is 35.0 Å². The van der Waals surface area contributed by atoms with Crippen LogP contribution >= 0.6 is 0 Å². The Balaban J connectivity index is 1.52. The van der Waals surface area contributed by atoms with Crippen molar-refractivity contribution in [3.05, 3.63) is 47.3 Å². The van der Waals surface area contributed by atoms with Gasteiger partial charge in [-0.2, -0.15) is 5.10 Å². The van der Waals surface area contributed by atoms with Gasteiger partial charge in [0.15, 0.2) is 5.69 Å². The number of para-hydroxylation sites is 1. The molecular weight excluding hydrogens is 388 g/mol. The van der Waals surface area contributed by atoms with Gasteiger partial charge in [0.2, 0.25) is 5.91 Å². The summed E-state index contributed by atoms with van der Waals surface area (Å²) in [5, 5.41) is 8.20. The summed E-state index contributed by atoms with van der Waals surface area (Å²) in [5.74, 6) is 0.584. The Bertz CT molecular complexity index is 1040. The fourth-order valence-corrected chi connectivity index (χ4v) is 6.51. The van der Waals surface area contributed by atoms with Crippen LogP contribution in [0.3, 0.4) is 0 Å². The molecule has 2 bridgehead atoms. The first kappa shape index (κ1) is 20.3. The lowest BCUT2D eigenvalue weighted by Gasteiger charge is -2.43. The predicted molar refractivity (Wildman–Crippen MR) is 119 cm³/mol. The fourth-order valence-electron chi connectivity index (χ4n) is 6.51. The van der Waals surface area contributed by atoms with Crippen molar-refractivity contribution < 1.29 is 9.59 Å². The van der Waals surface area contributed by atoms with Gasteiger partial charge in [0, 0.05) is 38.0 Å². The molecule has 2 fully saturated rings. The van der Waals surface area contributed by atoms with Crippen molar-refractivity contribution in [1.29, 1.82) is 0 Å². The largest absolute Gasteiger partial charge is 0.347 e. The van der Waals surface area contributed by atoms with Crippen LogP contribution in [0.15, 0.2) is 30.3 Å². The third-order valence-corrected chi connectivity index (χ3v) is 8.26. The standard InChI is InChI=1S/C25H32N4O2/c1-16(30)28-13-11-20-19(15-28)21(27-29(20)18-8-6-5-7-9-18)22(31)26-23-24(2,3)17-10-12-25(23,4)14-17/h5-9,17,23H,10-15H2,1-4H3,(H,26,31). The van der Waals surface area contributed by atoms with Crippen molar-refractivity contribution in [3.8, 4) is 5.69 Å². The van der Waals surface area contributed by atoms with E-state index in [0.29, 0.717) is 31.1 Å². The van der Waals surface area contributed by atoms with Crippen molar-refractivity contribution in [1.82, 2.24) is 20.0 Å². The normalized spacial score (nSPS) is 28.5. The molecule has 2 saturated carbocycles. The van der Waals surface area contributed by atoms with E-state index in [-0.39, 0.29) is 28.7 Å². The van der Waals surface area contributed by atoms with Crippen LogP contribution in [0.2, 0.25) is 0 Å². The molecule has 2 heterocycles. The van der Waals surface area contributed by atoms with Crippen LogP contribution in [0.4, 0.5) is 0 Å². The summed E-state index contributed by atoms with van der Waals surface area (Å²) in [7, 11) is 0. The number of nitrogens with one attached hydrogen (secondary N) is 1. The summed E-state index contributed by atoms with van der Waals surface area (Å²) in [6.45, 7) is 9.59. The number of carbonyl (C=O) groups excluding carboxylic acids is 2. The number of aromatic nitrogens is 2. The Morgan fingerprint density at radius 3 is 2.55 bits per heavy atom. The average Bonchev–Trinajstić information content (AvgIpc) is 3.38. The number of hydrogen-bond donors (Lipinski definition) is 1. The third kappa shape index (κ3) is 3.10. The third-order valence-electron chi connectivity index (χ3n) is 8.26. The molecule has 0 saturated heterocycles. The molecule has 5 rings (SSSR count).